The predicted octanol–water partition coefficient (Wildman–Crippen LogP) is 3.78. The average Bonchev–Trinajstić information content (AvgIpc) is 2.98. The Morgan fingerprint density at radius 3 is 2.44 bits per heavy atom. The van der Waals surface area contributed by atoms with Crippen molar-refractivity contribution in [3.8, 4) is 11.3 Å². The molecular weight excluding hydrogens is 323 g/mol. The van der Waals surface area contributed by atoms with Crippen molar-refractivity contribution in [2.45, 2.75) is 0 Å². The maximum absolute atomic E-state index is 13.4. The molecule has 3 rings (SSSR count). The largest absolute Gasteiger partial charge is 0.478 e. The fraction of sp³-hybridized carbons (Fsp3) is 0.0526. The maximum atomic E-state index is 13.4. The van der Waals surface area contributed by atoms with Crippen molar-refractivity contribution in [2.24, 2.45) is 7.05 Å². The molecule has 6 heteroatoms. The zero-order valence-corrected chi connectivity index (χ0v) is 13.4. The third-order valence-electron chi connectivity index (χ3n) is 3.88. The predicted molar refractivity (Wildman–Crippen MR) is 92.2 cm³/mol. The van der Waals surface area contributed by atoms with Crippen LogP contribution in [0.1, 0.15) is 20.8 Å². The summed E-state index contributed by atoms with van der Waals surface area (Å²) in [5.41, 5.74) is 1.97. The molecule has 2 aromatic carbocycles. The molecule has 0 atom stereocenters. The second-order valence-corrected chi connectivity index (χ2v) is 5.48. The first kappa shape index (κ1) is 16.4. The minimum absolute atomic E-state index is 0.214. The smallest absolute Gasteiger partial charge is 0.338 e. The SMILES string of the molecule is Cn1c(C(=O)Nc2ccc(F)c(C(=O)O)c2)ccc1-c1ccccc1. The lowest BCUT2D eigenvalue weighted by Crippen LogP contribution is -2.16. The lowest BCUT2D eigenvalue weighted by molar-refractivity contribution is 0.0691. The molecule has 0 fully saturated rings. The normalized spacial score (nSPS) is 10.5. The highest BCUT2D eigenvalue weighted by Gasteiger charge is 2.16. The van der Waals surface area contributed by atoms with Gasteiger partial charge in [0.15, 0.2) is 0 Å². The molecule has 1 aromatic heterocycles. The van der Waals surface area contributed by atoms with Crippen LogP contribution < -0.4 is 5.32 Å². The van der Waals surface area contributed by atoms with Crippen LogP contribution in [0, 0.1) is 5.82 Å². The van der Waals surface area contributed by atoms with Gasteiger partial charge in [0.2, 0.25) is 0 Å². The number of hydrogen-bond donors (Lipinski definition) is 2. The molecule has 0 aliphatic carbocycles. The number of rotatable bonds is 4. The second-order valence-electron chi connectivity index (χ2n) is 5.48. The van der Waals surface area contributed by atoms with Crippen LogP contribution in [0.2, 0.25) is 0 Å². The molecule has 3 aromatic rings. The number of benzene rings is 2. The minimum Gasteiger partial charge on any atom is -0.478 e. The van der Waals surface area contributed by atoms with Crippen LogP contribution in [-0.4, -0.2) is 21.6 Å². The van der Waals surface area contributed by atoms with Crippen molar-refractivity contribution in [1.29, 1.82) is 0 Å². The first-order chi connectivity index (χ1) is 12.0. The molecule has 0 bridgehead atoms. The zero-order chi connectivity index (χ0) is 18.0. The molecular formula is C19H15FN2O3. The highest BCUT2D eigenvalue weighted by atomic mass is 19.1. The number of carbonyl (C=O) groups is 2. The lowest BCUT2D eigenvalue weighted by Gasteiger charge is -2.09. The molecule has 0 saturated heterocycles. The quantitative estimate of drug-likeness (QED) is 0.760. The number of carbonyl (C=O) groups excluding carboxylic acids is 1. The van der Waals surface area contributed by atoms with E-state index in [1.54, 1.807) is 17.7 Å². The van der Waals surface area contributed by atoms with E-state index in [1.807, 2.05) is 36.4 Å². The van der Waals surface area contributed by atoms with Gasteiger partial charge in [-0.05, 0) is 35.9 Å². The molecule has 0 saturated carbocycles. The number of carboxylic acid groups (broad SMARTS) is 1. The summed E-state index contributed by atoms with van der Waals surface area (Å²) < 4.78 is 15.2. The molecule has 25 heavy (non-hydrogen) atoms. The lowest BCUT2D eigenvalue weighted by atomic mass is 10.2. The minimum atomic E-state index is -1.39. The van der Waals surface area contributed by atoms with Crippen LogP contribution in [0.5, 0.6) is 0 Å². The standard InChI is InChI=1S/C19H15FN2O3/c1-22-16(12-5-3-2-4-6-12)9-10-17(22)18(23)21-13-7-8-15(20)14(11-13)19(24)25/h2-11H,1H3,(H,21,23)(H,24,25). The van der Waals surface area contributed by atoms with Crippen LogP contribution in [-0.2, 0) is 7.05 Å². The summed E-state index contributed by atoms with van der Waals surface area (Å²) in [5, 5.41) is 11.6. The van der Waals surface area contributed by atoms with Crippen LogP contribution in [0.4, 0.5) is 10.1 Å². The number of halogens is 1. The summed E-state index contributed by atoms with van der Waals surface area (Å²) in [4.78, 5) is 23.5. The summed E-state index contributed by atoms with van der Waals surface area (Å²) in [7, 11) is 1.77. The van der Waals surface area contributed by atoms with E-state index in [4.69, 9.17) is 5.11 Å². The van der Waals surface area contributed by atoms with E-state index < -0.39 is 23.3 Å². The Hall–Kier alpha value is -3.41. The third-order valence-corrected chi connectivity index (χ3v) is 3.88. The van der Waals surface area contributed by atoms with Gasteiger partial charge < -0.3 is 15.0 Å². The summed E-state index contributed by atoms with van der Waals surface area (Å²) in [6, 6.07) is 16.6. The number of nitrogens with zero attached hydrogens (tertiary/aromatic N) is 1. The van der Waals surface area contributed by atoms with Gasteiger partial charge in [-0.3, -0.25) is 4.79 Å². The van der Waals surface area contributed by atoms with E-state index in [0.29, 0.717) is 5.69 Å². The molecule has 2 N–H and O–H groups in total. The van der Waals surface area contributed by atoms with Crippen molar-refractivity contribution in [3.05, 3.63) is 77.7 Å². The molecule has 0 aliphatic rings. The molecule has 1 amide bonds. The van der Waals surface area contributed by atoms with E-state index >= 15 is 0 Å². The monoisotopic (exact) mass is 338 g/mol. The maximum Gasteiger partial charge on any atom is 0.338 e. The highest BCUT2D eigenvalue weighted by Crippen LogP contribution is 2.22. The van der Waals surface area contributed by atoms with E-state index in [9.17, 15) is 14.0 Å². The number of amides is 1. The Labute approximate surface area is 143 Å². The molecule has 126 valence electrons. The second kappa shape index (κ2) is 6.60. The number of aromatic nitrogens is 1. The van der Waals surface area contributed by atoms with Crippen molar-refractivity contribution in [3.63, 3.8) is 0 Å². The molecule has 0 aliphatic heterocycles. The van der Waals surface area contributed by atoms with E-state index in [-0.39, 0.29) is 5.69 Å². The van der Waals surface area contributed by atoms with E-state index in [1.165, 1.54) is 6.07 Å². The average molecular weight is 338 g/mol. The Morgan fingerprint density at radius 1 is 1.04 bits per heavy atom. The third kappa shape index (κ3) is 3.28. The number of aromatic carboxylic acids is 1. The number of hydrogen-bond acceptors (Lipinski definition) is 2. The topological polar surface area (TPSA) is 71.3 Å². The van der Waals surface area contributed by atoms with Gasteiger partial charge in [0.05, 0.1) is 5.56 Å². The van der Waals surface area contributed by atoms with Gasteiger partial charge in [0, 0.05) is 18.4 Å². The molecule has 1 heterocycles. The Bertz CT molecular complexity index is 949. The van der Waals surface area contributed by atoms with E-state index in [2.05, 4.69) is 5.32 Å². The van der Waals surface area contributed by atoms with Gasteiger partial charge in [-0.1, -0.05) is 30.3 Å². The van der Waals surface area contributed by atoms with Crippen molar-refractivity contribution >= 4 is 17.6 Å². The zero-order valence-electron chi connectivity index (χ0n) is 13.4. The number of nitrogens with one attached hydrogen (secondary N) is 1. The number of anilines is 1. The first-order valence-corrected chi connectivity index (χ1v) is 7.52. The first-order valence-electron chi connectivity index (χ1n) is 7.52. The fourth-order valence-electron chi connectivity index (χ4n) is 2.60. The highest BCUT2D eigenvalue weighted by molar-refractivity contribution is 6.04. The Balaban J connectivity index is 1.87. The van der Waals surface area contributed by atoms with Gasteiger partial charge in [-0.2, -0.15) is 0 Å². The van der Waals surface area contributed by atoms with Crippen LogP contribution >= 0.6 is 0 Å². The summed E-state index contributed by atoms with van der Waals surface area (Å²) in [6.07, 6.45) is 0. The summed E-state index contributed by atoms with van der Waals surface area (Å²) >= 11 is 0. The van der Waals surface area contributed by atoms with Crippen molar-refractivity contribution < 1.29 is 19.1 Å². The van der Waals surface area contributed by atoms with Gasteiger partial charge in [-0.15, -0.1) is 0 Å². The summed E-state index contributed by atoms with van der Waals surface area (Å²) in [5.74, 6) is -2.65. The van der Waals surface area contributed by atoms with Crippen LogP contribution in [0.15, 0.2) is 60.7 Å². The number of carboxylic acids is 1. The van der Waals surface area contributed by atoms with Gasteiger partial charge in [-0.25, -0.2) is 9.18 Å². The van der Waals surface area contributed by atoms with E-state index in [0.717, 1.165) is 23.4 Å². The van der Waals surface area contributed by atoms with Gasteiger partial charge >= 0.3 is 5.97 Å². The van der Waals surface area contributed by atoms with Gasteiger partial charge in [0.25, 0.3) is 5.91 Å². The molecule has 0 unspecified atom stereocenters. The Morgan fingerprint density at radius 2 is 1.76 bits per heavy atom. The summed E-state index contributed by atoms with van der Waals surface area (Å²) in [6.45, 7) is 0. The molecule has 0 radical (unpaired) electrons. The van der Waals surface area contributed by atoms with Crippen molar-refractivity contribution in [2.75, 3.05) is 5.32 Å². The van der Waals surface area contributed by atoms with Crippen molar-refractivity contribution in [1.82, 2.24) is 4.57 Å². The Kier molecular flexibility index (Phi) is 4.35. The van der Waals surface area contributed by atoms with Gasteiger partial charge in [0.1, 0.15) is 11.5 Å². The van der Waals surface area contributed by atoms with Crippen LogP contribution in [0.25, 0.3) is 11.3 Å². The molecule has 5 nitrogen and oxygen atoms in total. The fourth-order valence-corrected chi connectivity index (χ4v) is 2.60. The molecule has 0 spiro atoms. The van der Waals surface area contributed by atoms with Crippen LogP contribution in [0.3, 0.4) is 0 Å².